The lowest BCUT2D eigenvalue weighted by Gasteiger charge is -1.98. The molecule has 0 aliphatic heterocycles. The van der Waals surface area contributed by atoms with Crippen LogP contribution in [0.25, 0.3) is 10.6 Å². The van der Waals surface area contributed by atoms with E-state index in [1.165, 1.54) is 5.56 Å². The molecule has 0 N–H and O–H groups in total. The third kappa shape index (κ3) is 2.36. The maximum atomic E-state index is 5.66. The van der Waals surface area contributed by atoms with E-state index in [-0.39, 0.29) is 0 Å². The summed E-state index contributed by atoms with van der Waals surface area (Å²) in [6, 6.07) is 8.20. The van der Waals surface area contributed by atoms with E-state index >= 15 is 0 Å². The van der Waals surface area contributed by atoms with Gasteiger partial charge in [-0.3, -0.25) is 0 Å². The van der Waals surface area contributed by atoms with Gasteiger partial charge in [-0.25, -0.2) is 0 Å². The van der Waals surface area contributed by atoms with Crippen LogP contribution >= 0.6 is 22.9 Å². The number of nitrogens with zero attached hydrogens (tertiary/aromatic N) is 2. The van der Waals surface area contributed by atoms with Crippen LogP contribution in [0.1, 0.15) is 10.6 Å². The SMILES string of the molecule is Cc1ccccc1-c1nnc(CCCl)s1. The van der Waals surface area contributed by atoms with Gasteiger partial charge in [0.2, 0.25) is 0 Å². The van der Waals surface area contributed by atoms with Crippen LogP contribution in [-0.4, -0.2) is 16.1 Å². The molecule has 1 heterocycles. The van der Waals surface area contributed by atoms with Crippen LogP contribution in [0.3, 0.4) is 0 Å². The molecule has 0 unspecified atom stereocenters. The van der Waals surface area contributed by atoms with Crippen LogP contribution in [0.15, 0.2) is 24.3 Å². The van der Waals surface area contributed by atoms with E-state index in [9.17, 15) is 0 Å². The summed E-state index contributed by atoms with van der Waals surface area (Å²) < 4.78 is 0. The molecule has 4 heteroatoms. The molecule has 2 nitrogen and oxygen atoms in total. The third-order valence-corrected chi connectivity index (χ3v) is 3.36. The Bertz CT molecular complexity index is 453. The first kappa shape index (κ1) is 10.6. The van der Waals surface area contributed by atoms with Crippen molar-refractivity contribution in [1.29, 1.82) is 0 Å². The molecular weight excluding hydrogens is 228 g/mol. The van der Waals surface area contributed by atoms with Gasteiger partial charge in [0.15, 0.2) is 0 Å². The Balaban J connectivity index is 2.33. The Hall–Kier alpha value is -0.930. The number of aromatic nitrogens is 2. The largest absolute Gasteiger partial charge is 0.148 e. The Labute approximate surface area is 97.9 Å². The van der Waals surface area contributed by atoms with Gasteiger partial charge < -0.3 is 0 Å². The van der Waals surface area contributed by atoms with Gasteiger partial charge in [-0.15, -0.1) is 21.8 Å². The molecule has 1 aromatic carbocycles. The third-order valence-electron chi connectivity index (χ3n) is 2.15. The van der Waals surface area contributed by atoms with Crippen molar-refractivity contribution in [2.24, 2.45) is 0 Å². The molecule has 0 aliphatic rings. The van der Waals surface area contributed by atoms with Crippen LogP contribution in [0.5, 0.6) is 0 Å². The molecule has 15 heavy (non-hydrogen) atoms. The normalized spacial score (nSPS) is 10.5. The van der Waals surface area contributed by atoms with Crippen molar-refractivity contribution in [1.82, 2.24) is 10.2 Å². The van der Waals surface area contributed by atoms with Crippen molar-refractivity contribution in [2.45, 2.75) is 13.3 Å². The lowest BCUT2D eigenvalue weighted by Crippen LogP contribution is -1.83. The van der Waals surface area contributed by atoms with Crippen molar-refractivity contribution in [3.8, 4) is 10.6 Å². The van der Waals surface area contributed by atoms with Gasteiger partial charge in [-0.05, 0) is 12.5 Å². The first-order valence-electron chi connectivity index (χ1n) is 4.75. The molecule has 0 atom stereocenters. The van der Waals surface area contributed by atoms with E-state index in [4.69, 9.17) is 11.6 Å². The molecule has 0 saturated heterocycles. The molecule has 2 aromatic rings. The van der Waals surface area contributed by atoms with Crippen LogP contribution < -0.4 is 0 Å². The number of halogens is 1. The summed E-state index contributed by atoms with van der Waals surface area (Å²) in [5.41, 5.74) is 2.39. The fourth-order valence-corrected chi connectivity index (χ4v) is 2.58. The minimum atomic E-state index is 0.600. The summed E-state index contributed by atoms with van der Waals surface area (Å²) in [4.78, 5) is 0. The van der Waals surface area contributed by atoms with Crippen molar-refractivity contribution < 1.29 is 0 Å². The van der Waals surface area contributed by atoms with E-state index in [0.717, 1.165) is 22.0 Å². The van der Waals surface area contributed by atoms with Crippen molar-refractivity contribution >= 4 is 22.9 Å². The topological polar surface area (TPSA) is 25.8 Å². The maximum absolute atomic E-state index is 5.66. The van der Waals surface area contributed by atoms with E-state index in [0.29, 0.717) is 5.88 Å². The van der Waals surface area contributed by atoms with Crippen molar-refractivity contribution in [3.63, 3.8) is 0 Å². The zero-order chi connectivity index (χ0) is 10.7. The predicted molar refractivity (Wildman–Crippen MR) is 64.5 cm³/mol. The summed E-state index contributed by atoms with van der Waals surface area (Å²) in [6.07, 6.45) is 0.797. The van der Waals surface area contributed by atoms with Crippen LogP contribution in [0.4, 0.5) is 0 Å². The summed E-state index contributed by atoms with van der Waals surface area (Å²) in [7, 11) is 0. The fraction of sp³-hybridized carbons (Fsp3) is 0.273. The van der Waals surface area contributed by atoms with Crippen molar-refractivity contribution in [3.05, 3.63) is 34.8 Å². The standard InChI is InChI=1S/C11H11ClN2S/c1-8-4-2-3-5-9(8)11-14-13-10(15-11)6-7-12/h2-5H,6-7H2,1H3. The molecule has 0 bridgehead atoms. The summed E-state index contributed by atoms with van der Waals surface area (Å²) in [6.45, 7) is 2.08. The maximum Gasteiger partial charge on any atom is 0.148 e. The number of rotatable bonds is 3. The zero-order valence-electron chi connectivity index (χ0n) is 8.40. The molecule has 0 fully saturated rings. The number of hydrogen-bond donors (Lipinski definition) is 0. The average Bonchev–Trinajstić information content (AvgIpc) is 2.68. The second-order valence-corrected chi connectivity index (χ2v) is 4.69. The number of benzene rings is 1. The molecule has 78 valence electrons. The van der Waals surface area contributed by atoms with Gasteiger partial charge in [0, 0.05) is 17.9 Å². The van der Waals surface area contributed by atoms with E-state index in [2.05, 4.69) is 29.3 Å². The van der Waals surface area contributed by atoms with Crippen LogP contribution in [-0.2, 0) is 6.42 Å². The van der Waals surface area contributed by atoms with Gasteiger partial charge in [-0.1, -0.05) is 35.6 Å². The van der Waals surface area contributed by atoms with E-state index in [1.807, 2.05) is 12.1 Å². The number of aryl methyl sites for hydroxylation is 2. The lowest BCUT2D eigenvalue weighted by atomic mass is 10.1. The van der Waals surface area contributed by atoms with Crippen molar-refractivity contribution in [2.75, 3.05) is 5.88 Å². The second kappa shape index (κ2) is 4.73. The quantitative estimate of drug-likeness (QED) is 0.767. The van der Waals surface area contributed by atoms with Crippen LogP contribution in [0, 0.1) is 6.92 Å². The van der Waals surface area contributed by atoms with Gasteiger partial charge in [0.1, 0.15) is 10.0 Å². The van der Waals surface area contributed by atoms with Gasteiger partial charge in [0.25, 0.3) is 0 Å². The van der Waals surface area contributed by atoms with E-state index in [1.54, 1.807) is 11.3 Å². The second-order valence-electron chi connectivity index (χ2n) is 3.25. The first-order chi connectivity index (χ1) is 7.31. The molecule has 1 aromatic heterocycles. The highest BCUT2D eigenvalue weighted by Crippen LogP contribution is 2.26. The highest BCUT2D eigenvalue weighted by atomic mass is 35.5. The Kier molecular flexibility index (Phi) is 3.34. The van der Waals surface area contributed by atoms with E-state index < -0.39 is 0 Å². The Morgan fingerprint density at radius 3 is 2.80 bits per heavy atom. The highest BCUT2D eigenvalue weighted by molar-refractivity contribution is 7.14. The predicted octanol–water partition coefficient (Wildman–Crippen LogP) is 3.29. The zero-order valence-corrected chi connectivity index (χ0v) is 9.98. The fourth-order valence-electron chi connectivity index (χ4n) is 1.36. The van der Waals surface area contributed by atoms with Gasteiger partial charge in [-0.2, -0.15) is 0 Å². The minimum Gasteiger partial charge on any atom is -0.143 e. The molecule has 0 spiro atoms. The molecule has 0 radical (unpaired) electrons. The molecule has 0 saturated carbocycles. The minimum absolute atomic E-state index is 0.600. The van der Waals surface area contributed by atoms with Gasteiger partial charge in [0.05, 0.1) is 0 Å². The van der Waals surface area contributed by atoms with Crippen LogP contribution in [0.2, 0.25) is 0 Å². The average molecular weight is 239 g/mol. The molecule has 0 amide bonds. The first-order valence-corrected chi connectivity index (χ1v) is 6.10. The summed E-state index contributed by atoms with van der Waals surface area (Å²) in [5, 5.41) is 10.3. The Morgan fingerprint density at radius 2 is 2.07 bits per heavy atom. The number of alkyl halides is 1. The summed E-state index contributed by atoms with van der Waals surface area (Å²) >= 11 is 7.28. The molecular formula is C11H11ClN2S. The highest BCUT2D eigenvalue weighted by Gasteiger charge is 2.07. The smallest absolute Gasteiger partial charge is 0.143 e. The Morgan fingerprint density at radius 1 is 1.27 bits per heavy atom. The van der Waals surface area contributed by atoms with Gasteiger partial charge >= 0.3 is 0 Å². The summed E-state index contributed by atoms with van der Waals surface area (Å²) in [5.74, 6) is 0.600. The lowest BCUT2D eigenvalue weighted by molar-refractivity contribution is 0.989. The molecule has 2 rings (SSSR count). The monoisotopic (exact) mass is 238 g/mol. The number of hydrogen-bond acceptors (Lipinski definition) is 3. The molecule has 0 aliphatic carbocycles.